The van der Waals surface area contributed by atoms with Gasteiger partial charge in [-0.25, -0.2) is 14.0 Å². The Bertz CT molecular complexity index is 1590. The summed E-state index contributed by atoms with van der Waals surface area (Å²) in [6, 6.07) is 5.62. The number of hydrogen-bond donors (Lipinski definition) is 0. The van der Waals surface area contributed by atoms with E-state index in [-0.39, 0.29) is 35.2 Å². The molecule has 0 bridgehead atoms. The predicted octanol–water partition coefficient (Wildman–Crippen LogP) is 5.32. The summed E-state index contributed by atoms with van der Waals surface area (Å²) < 4.78 is 53.7. The molecule has 1 aliphatic rings. The van der Waals surface area contributed by atoms with Gasteiger partial charge in [-0.15, -0.1) is 10.2 Å². The number of halogens is 4. The molecule has 0 saturated carbocycles. The van der Waals surface area contributed by atoms with Crippen LogP contribution in [0.4, 0.5) is 18.0 Å². The number of likely N-dealkylation sites (tertiary alicyclic amines) is 1. The van der Waals surface area contributed by atoms with Crippen molar-refractivity contribution in [3.05, 3.63) is 62.8 Å². The minimum Gasteiger partial charge on any atom is -0.444 e. The first-order valence-electron chi connectivity index (χ1n) is 12.1. The number of alkyl halides is 2. The third-order valence-corrected chi connectivity index (χ3v) is 6.81. The molecule has 4 heterocycles. The van der Waals surface area contributed by atoms with Gasteiger partial charge in [0.15, 0.2) is 0 Å². The summed E-state index contributed by atoms with van der Waals surface area (Å²) in [5.41, 5.74) is 0.617. The van der Waals surface area contributed by atoms with Gasteiger partial charge in [-0.3, -0.25) is 14.1 Å². The number of carbonyl (C=O) groups excluding carboxylic acids is 1. The Morgan fingerprint density at radius 2 is 2.00 bits per heavy atom. The maximum Gasteiger partial charge on any atom is 0.410 e. The maximum absolute atomic E-state index is 14.6. The van der Waals surface area contributed by atoms with Crippen LogP contribution in [-0.2, 0) is 11.3 Å². The molecule has 3 aromatic heterocycles. The number of aromatic nitrogens is 5. The van der Waals surface area contributed by atoms with Crippen LogP contribution in [0.25, 0.3) is 22.5 Å². The van der Waals surface area contributed by atoms with E-state index in [0.717, 1.165) is 0 Å². The van der Waals surface area contributed by atoms with Gasteiger partial charge in [0.2, 0.25) is 5.89 Å². The van der Waals surface area contributed by atoms with Crippen molar-refractivity contribution in [2.24, 2.45) is 0 Å². The number of ether oxygens (including phenoxy) is 1. The lowest BCUT2D eigenvalue weighted by atomic mass is 10.2. The van der Waals surface area contributed by atoms with Crippen LogP contribution < -0.4 is 5.69 Å². The van der Waals surface area contributed by atoms with Crippen molar-refractivity contribution in [2.45, 2.75) is 51.8 Å². The Hall–Kier alpha value is -3.68. The molecular formula is C25H24BrF3N6O4. The van der Waals surface area contributed by atoms with Crippen molar-refractivity contribution in [1.29, 1.82) is 0 Å². The number of pyridine rings is 1. The minimum absolute atomic E-state index is 0.0122. The van der Waals surface area contributed by atoms with Gasteiger partial charge < -0.3 is 14.1 Å². The molecule has 0 radical (unpaired) electrons. The molecule has 206 valence electrons. The molecule has 1 fully saturated rings. The Kier molecular flexibility index (Phi) is 6.99. The standard InChI is InChI=1S/C25H24BrF3N6O4/c1-25(2,3)39-24(37)33-7-6-15(12-33)35-19-8-16(26)17(27)9-18(19)34(23(35)36)11-14-5-4-13(10-30-14)21-31-32-22(38-21)20(28)29/h4-5,8-10,15,20H,6-7,11-12H2,1-3H3/t15-/m0/s1. The third kappa shape index (κ3) is 5.42. The van der Waals surface area contributed by atoms with E-state index < -0.39 is 29.8 Å². The topological polar surface area (TPSA) is 108 Å². The van der Waals surface area contributed by atoms with E-state index in [1.54, 1.807) is 48.4 Å². The molecule has 5 rings (SSSR count). The number of benzene rings is 1. The highest BCUT2D eigenvalue weighted by atomic mass is 79.9. The number of hydrogen-bond acceptors (Lipinski definition) is 7. The van der Waals surface area contributed by atoms with Gasteiger partial charge in [-0.05, 0) is 61.3 Å². The summed E-state index contributed by atoms with van der Waals surface area (Å²) in [5, 5.41) is 6.90. The average molecular weight is 609 g/mol. The lowest BCUT2D eigenvalue weighted by Crippen LogP contribution is -2.36. The molecule has 0 N–H and O–H groups in total. The van der Waals surface area contributed by atoms with E-state index in [9.17, 15) is 22.8 Å². The number of fused-ring (bicyclic) bond motifs is 1. The van der Waals surface area contributed by atoms with Gasteiger partial charge >= 0.3 is 18.2 Å². The maximum atomic E-state index is 14.6. The number of amides is 1. The molecule has 14 heteroatoms. The van der Waals surface area contributed by atoms with Crippen molar-refractivity contribution in [1.82, 2.24) is 29.2 Å². The van der Waals surface area contributed by atoms with Gasteiger partial charge in [0, 0.05) is 25.4 Å². The minimum atomic E-state index is -2.89. The van der Waals surface area contributed by atoms with Crippen LogP contribution in [0.3, 0.4) is 0 Å². The number of nitrogens with zero attached hydrogens (tertiary/aromatic N) is 6. The molecule has 1 aliphatic heterocycles. The van der Waals surface area contributed by atoms with E-state index in [4.69, 9.17) is 9.15 Å². The number of rotatable bonds is 5. The highest BCUT2D eigenvalue weighted by molar-refractivity contribution is 9.10. The van der Waals surface area contributed by atoms with Crippen LogP contribution in [0.1, 0.15) is 51.2 Å². The number of imidazole rings is 1. The van der Waals surface area contributed by atoms with Crippen molar-refractivity contribution in [3.63, 3.8) is 0 Å². The van der Waals surface area contributed by atoms with E-state index in [2.05, 4.69) is 31.1 Å². The lowest BCUT2D eigenvalue weighted by Gasteiger charge is -2.24. The highest BCUT2D eigenvalue weighted by Gasteiger charge is 2.33. The fourth-order valence-electron chi connectivity index (χ4n) is 4.47. The van der Waals surface area contributed by atoms with Gasteiger partial charge in [0.1, 0.15) is 11.4 Å². The molecular weight excluding hydrogens is 585 g/mol. The molecule has 1 aromatic carbocycles. The zero-order valence-electron chi connectivity index (χ0n) is 21.2. The Labute approximate surface area is 228 Å². The second-order valence-corrected chi connectivity index (χ2v) is 11.0. The van der Waals surface area contributed by atoms with E-state index in [1.807, 2.05) is 0 Å². The zero-order valence-corrected chi connectivity index (χ0v) is 22.8. The molecule has 1 atom stereocenters. The SMILES string of the molecule is CC(C)(C)OC(=O)N1CC[C@H](n2c(=O)n(Cc3ccc(-c4nnc(C(F)F)o4)cn3)c3cc(F)c(Br)cc32)C1. The van der Waals surface area contributed by atoms with Crippen molar-refractivity contribution >= 4 is 33.1 Å². The molecule has 0 spiro atoms. The highest BCUT2D eigenvalue weighted by Crippen LogP contribution is 2.30. The van der Waals surface area contributed by atoms with Crippen LogP contribution in [0.15, 0.2) is 44.1 Å². The van der Waals surface area contributed by atoms with Gasteiger partial charge in [-0.1, -0.05) is 0 Å². The van der Waals surface area contributed by atoms with Crippen molar-refractivity contribution in [3.8, 4) is 11.5 Å². The second kappa shape index (κ2) is 10.1. The van der Waals surface area contributed by atoms with Crippen LogP contribution in [-0.4, -0.2) is 54.0 Å². The molecule has 0 aliphatic carbocycles. The first-order chi connectivity index (χ1) is 18.4. The predicted molar refractivity (Wildman–Crippen MR) is 137 cm³/mol. The van der Waals surface area contributed by atoms with Gasteiger partial charge in [0.05, 0.1) is 39.4 Å². The smallest absolute Gasteiger partial charge is 0.410 e. The molecule has 4 aromatic rings. The summed E-state index contributed by atoms with van der Waals surface area (Å²) in [4.78, 5) is 32.1. The lowest BCUT2D eigenvalue weighted by molar-refractivity contribution is 0.0289. The summed E-state index contributed by atoms with van der Waals surface area (Å²) in [7, 11) is 0. The molecule has 0 unspecified atom stereocenters. The quantitative estimate of drug-likeness (QED) is 0.302. The van der Waals surface area contributed by atoms with E-state index in [0.29, 0.717) is 35.3 Å². The molecule has 39 heavy (non-hydrogen) atoms. The Morgan fingerprint density at radius 1 is 1.23 bits per heavy atom. The zero-order chi connectivity index (χ0) is 28.1. The first-order valence-corrected chi connectivity index (χ1v) is 12.8. The molecule has 1 amide bonds. The Balaban J connectivity index is 1.45. The monoisotopic (exact) mass is 608 g/mol. The first kappa shape index (κ1) is 26.9. The summed E-state index contributed by atoms with van der Waals surface area (Å²) in [6.45, 7) is 6.04. The fourth-order valence-corrected chi connectivity index (χ4v) is 4.80. The molecule has 1 saturated heterocycles. The summed E-state index contributed by atoms with van der Waals surface area (Å²) >= 11 is 3.21. The average Bonchev–Trinajstić information content (AvgIpc) is 3.59. The number of carbonyl (C=O) groups is 1. The summed E-state index contributed by atoms with van der Waals surface area (Å²) in [6.07, 6.45) is -1.46. The van der Waals surface area contributed by atoms with Crippen LogP contribution >= 0.6 is 15.9 Å². The largest absolute Gasteiger partial charge is 0.444 e. The normalized spacial score (nSPS) is 16.0. The van der Waals surface area contributed by atoms with E-state index in [1.165, 1.54) is 16.8 Å². The van der Waals surface area contributed by atoms with Crippen LogP contribution in [0.5, 0.6) is 0 Å². The van der Waals surface area contributed by atoms with E-state index >= 15 is 0 Å². The van der Waals surface area contributed by atoms with Gasteiger partial charge in [-0.2, -0.15) is 8.78 Å². The van der Waals surface area contributed by atoms with Crippen LogP contribution in [0, 0.1) is 5.82 Å². The van der Waals surface area contributed by atoms with Crippen LogP contribution in [0.2, 0.25) is 0 Å². The Morgan fingerprint density at radius 3 is 2.64 bits per heavy atom. The summed E-state index contributed by atoms with van der Waals surface area (Å²) in [5.74, 6) is -1.44. The van der Waals surface area contributed by atoms with Crippen molar-refractivity contribution in [2.75, 3.05) is 13.1 Å². The third-order valence-electron chi connectivity index (χ3n) is 6.20. The molecule has 10 nitrogen and oxygen atoms in total. The fraction of sp³-hybridized carbons (Fsp3) is 0.400. The second-order valence-electron chi connectivity index (χ2n) is 10.1. The van der Waals surface area contributed by atoms with Crippen molar-refractivity contribution < 1.29 is 27.1 Å². The van der Waals surface area contributed by atoms with Gasteiger partial charge in [0.25, 0.3) is 5.89 Å².